The zero-order valence-electron chi connectivity index (χ0n) is 11.8. The fraction of sp³-hybridized carbons (Fsp3) is 0.267. The highest BCUT2D eigenvalue weighted by atomic mass is 19.1. The first-order valence-electron chi connectivity index (χ1n) is 6.67. The second-order valence-electron chi connectivity index (χ2n) is 4.87. The molecule has 0 radical (unpaired) electrons. The second-order valence-corrected chi connectivity index (χ2v) is 4.87. The summed E-state index contributed by atoms with van der Waals surface area (Å²) in [6, 6.07) is 6.32. The van der Waals surface area contributed by atoms with Gasteiger partial charge in [0.25, 0.3) is 0 Å². The average molecular weight is 286 g/mol. The van der Waals surface area contributed by atoms with Gasteiger partial charge in [0.15, 0.2) is 0 Å². The van der Waals surface area contributed by atoms with Gasteiger partial charge < -0.3 is 4.74 Å². The minimum absolute atomic E-state index is 0.154. The molecular weight excluding hydrogens is 271 g/mol. The summed E-state index contributed by atoms with van der Waals surface area (Å²) in [6.07, 6.45) is 3.82. The molecule has 0 aliphatic carbocycles. The maximum absolute atomic E-state index is 13.0. The molecule has 1 unspecified atom stereocenters. The Morgan fingerprint density at radius 1 is 1.29 bits per heavy atom. The van der Waals surface area contributed by atoms with E-state index >= 15 is 0 Å². The van der Waals surface area contributed by atoms with Crippen molar-refractivity contribution in [3.05, 3.63) is 47.9 Å². The number of hydrogen-bond donors (Lipinski definition) is 0. The van der Waals surface area contributed by atoms with Gasteiger partial charge in [-0.1, -0.05) is 11.3 Å². The van der Waals surface area contributed by atoms with E-state index < -0.39 is 0 Å². The van der Waals surface area contributed by atoms with E-state index in [1.165, 1.54) is 12.1 Å². The van der Waals surface area contributed by atoms with Crippen molar-refractivity contribution >= 4 is 5.90 Å². The molecule has 1 aliphatic rings. The highest BCUT2D eigenvalue weighted by molar-refractivity contribution is 5.89. The maximum atomic E-state index is 13.0. The molecule has 2 heterocycles. The fourth-order valence-corrected chi connectivity index (χ4v) is 2.11. The minimum atomic E-state index is -0.278. The highest BCUT2D eigenvalue weighted by Gasteiger charge is 2.15. The number of aromatic nitrogens is 3. The summed E-state index contributed by atoms with van der Waals surface area (Å²) >= 11 is 0. The molecule has 1 aromatic heterocycles. The number of hydrogen-bond acceptors (Lipinski definition) is 4. The third-order valence-electron chi connectivity index (χ3n) is 3.27. The number of aryl methyl sites for hydroxylation is 1. The highest BCUT2D eigenvalue weighted by Crippen LogP contribution is 2.22. The second kappa shape index (κ2) is 5.47. The lowest BCUT2D eigenvalue weighted by Gasteiger charge is -2.06. The van der Waals surface area contributed by atoms with Crippen LogP contribution in [0.1, 0.15) is 12.6 Å². The van der Waals surface area contributed by atoms with Crippen LogP contribution in [0, 0.1) is 5.82 Å². The summed E-state index contributed by atoms with van der Waals surface area (Å²) in [7, 11) is 1.80. The van der Waals surface area contributed by atoms with Crippen LogP contribution in [0.3, 0.4) is 0 Å². The lowest BCUT2D eigenvalue weighted by atomic mass is 10.1. The topological polar surface area (TPSA) is 52.3 Å². The van der Waals surface area contributed by atoms with Crippen LogP contribution < -0.4 is 0 Å². The molecule has 21 heavy (non-hydrogen) atoms. The first kappa shape index (κ1) is 13.5. The van der Waals surface area contributed by atoms with Crippen molar-refractivity contribution in [2.24, 2.45) is 12.0 Å². The first-order valence-corrected chi connectivity index (χ1v) is 6.67. The fourth-order valence-electron chi connectivity index (χ4n) is 2.11. The molecule has 0 fully saturated rings. The summed E-state index contributed by atoms with van der Waals surface area (Å²) in [4.78, 5) is 4.32. The van der Waals surface area contributed by atoms with Gasteiger partial charge in [0.2, 0.25) is 5.90 Å². The van der Waals surface area contributed by atoms with Gasteiger partial charge in [-0.2, -0.15) is 0 Å². The minimum Gasteiger partial charge on any atom is -0.471 e. The number of rotatable bonds is 3. The Hall–Kier alpha value is -2.50. The molecule has 1 aromatic carbocycles. The quantitative estimate of drug-likeness (QED) is 0.871. The number of aliphatic imine (C=N–C) groups is 1. The van der Waals surface area contributed by atoms with Crippen molar-refractivity contribution in [1.29, 1.82) is 0 Å². The van der Waals surface area contributed by atoms with Crippen LogP contribution in [0.5, 0.6) is 0 Å². The Kier molecular flexibility index (Phi) is 3.51. The van der Waals surface area contributed by atoms with Crippen LogP contribution in [0.15, 0.2) is 41.4 Å². The lowest BCUT2D eigenvalue weighted by Crippen LogP contribution is -2.06. The Labute approximate surface area is 121 Å². The Morgan fingerprint density at radius 2 is 2.05 bits per heavy atom. The summed E-state index contributed by atoms with van der Waals surface area (Å²) in [5, 5.41) is 8.14. The monoisotopic (exact) mass is 286 g/mol. The molecule has 5 nitrogen and oxygen atoms in total. The van der Waals surface area contributed by atoms with Crippen LogP contribution in [-0.2, 0) is 18.4 Å². The molecule has 0 amide bonds. The molecule has 1 atom stereocenters. The van der Waals surface area contributed by atoms with Crippen molar-refractivity contribution in [3.8, 4) is 11.3 Å². The van der Waals surface area contributed by atoms with Gasteiger partial charge in [-0.3, -0.25) is 0 Å². The molecule has 2 aromatic rings. The predicted molar refractivity (Wildman–Crippen MR) is 77.2 cm³/mol. The standard InChI is InChI=1S/C15H15FN4O/c1-10-3-8-14(17-10)21-9-13-15(18-19-20(13)2)11-4-6-12(16)7-5-11/h3-8,10H,9H2,1-2H3. The van der Waals surface area contributed by atoms with E-state index in [2.05, 4.69) is 15.3 Å². The van der Waals surface area contributed by atoms with Crippen LogP contribution in [-0.4, -0.2) is 26.9 Å². The molecule has 0 bridgehead atoms. The number of halogens is 1. The molecule has 3 rings (SSSR count). The smallest absolute Gasteiger partial charge is 0.209 e. The van der Waals surface area contributed by atoms with Gasteiger partial charge in [-0.15, -0.1) is 5.10 Å². The van der Waals surface area contributed by atoms with E-state index in [4.69, 9.17) is 4.74 Å². The molecular formula is C15H15FN4O. The van der Waals surface area contributed by atoms with E-state index in [0.717, 1.165) is 11.3 Å². The SMILES string of the molecule is CC1C=CC(OCc2c(-c3ccc(F)cc3)nnn2C)=N1. The van der Waals surface area contributed by atoms with Gasteiger partial charge in [-0.05, 0) is 37.3 Å². The molecule has 0 spiro atoms. The number of benzene rings is 1. The predicted octanol–water partition coefficient (Wildman–Crippen LogP) is 2.49. The van der Waals surface area contributed by atoms with Gasteiger partial charge in [0, 0.05) is 12.6 Å². The molecule has 1 aliphatic heterocycles. The zero-order chi connectivity index (χ0) is 14.8. The van der Waals surface area contributed by atoms with Gasteiger partial charge in [-0.25, -0.2) is 14.1 Å². The Bertz CT molecular complexity index is 703. The average Bonchev–Trinajstić information content (AvgIpc) is 3.04. The largest absolute Gasteiger partial charge is 0.471 e. The number of nitrogens with zero attached hydrogens (tertiary/aromatic N) is 4. The molecule has 0 N–H and O–H groups in total. The third-order valence-corrected chi connectivity index (χ3v) is 3.27. The number of ether oxygens (including phenoxy) is 1. The van der Waals surface area contributed by atoms with Crippen molar-refractivity contribution in [2.75, 3.05) is 0 Å². The van der Waals surface area contributed by atoms with Gasteiger partial charge in [0.05, 0.1) is 6.04 Å². The lowest BCUT2D eigenvalue weighted by molar-refractivity contribution is 0.284. The normalized spacial score (nSPS) is 17.1. The van der Waals surface area contributed by atoms with E-state index in [1.54, 1.807) is 23.9 Å². The Balaban J connectivity index is 1.82. The summed E-state index contributed by atoms with van der Waals surface area (Å²) in [5.74, 6) is 0.327. The van der Waals surface area contributed by atoms with Crippen LogP contribution >= 0.6 is 0 Å². The molecule has 6 heteroatoms. The van der Waals surface area contributed by atoms with Gasteiger partial charge >= 0.3 is 0 Å². The van der Waals surface area contributed by atoms with Crippen molar-refractivity contribution in [3.63, 3.8) is 0 Å². The summed E-state index contributed by atoms with van der Waals surface area (Å²) < 4.78 is 20.3. The van der Waals surface area contributed by atoms with E-state index in [9.17, 15) is 4.39 Å². The van der Waals surface area contributed by atoms with E-state index in [1.807, 2.05) is 19.1 Å². The van der Waals surface area contributed by atoms with E-state index in [-0.39, 0.29) is 11.9 Å². The Morgan fingerprint density at radius 3 is 2.71 bits per heavy atom. The van der Waals surface area contributed by atoms with Gasteiger partial charge in [0.1, 0.15) is 23.8 Å². The van der Waals surface area contributed by atoms with Crippen LogP contribution in [0.25, 0.3) is 11.3 Å². The zero-order valence-corrected chi connectivity index (χ0v) is 11.8. The van der Waals surface area contributed by atoms with Crippen molar-refractivity contribution in [1.82, 2.24) is 15.0 Å². The molecule has 108 valence electrons. The first-order chi connectivity index (χ1) is 10.1. The van der Waals surface area contributed by atoms with E-state index in [0.29, 0.717) is 18.2 Å². The third kappa shape index (κ3) is 2.84. The summed E-state index contributed by atoms with van der Waals surface area (Å²) in [5.41, 5.74) is 2.31. The van der Waals surface area contributed by atoms with Crippen molar-refractivity contribution in [2.45, 2.75) is 19.6 Å². The summed E-state index contributed by atoms with van der Waals surface area (Å²) in [6.45, 7) is 2.30. The van der Waals surface area contributed by atoms with Crippen molar-refractivity contribution < 1.29 is 9.13 Å². The maximum Gasteiger partial charge on any atom is 0.209 e. The van der Waals surface area contributed by atoms with Crippen LogP contribution in [0.4, 0.5) is 4.39 Å². The van der Waals surface area contributed by atoms with Crippen LogP contribution in [0.2, 0.25) is 0 Å². The molecule has 0 saturated carbocycles. The molecule has 0 saturated heterocycles.